The van der Waals surface area contributed by atoms with Crippen molar-refractivity contribution in [2.75, 3.05) is 19.6 Å². The fourth-order valence-electron chi connectivity index (χ4n) is 1.66. The van der Waals surface area contributed by atoms with Crippen molar-refractivity contribution in [2.45, 2.75) is 13.0 Å². The number of hydrogen-bond acceptors (Lipinski definition) is 4. The quantitative estimate of drug-likeness (QED) is 0.492. The zero-order valence-corrected chi connectivity index (χ0v) is 11.4. The summed E-state index contributed by atoms with van der Waals surface area (Å²) in [6.07, 6.45) is 0. The van der Waals surface area contributed by atoms with E-state index in [-0.39, 0.29) is 29.8 Å². The molecule has 0 aliphatic rings. The van der Waals surface area contributed by atoms with Crippen LogP contribution in [-0.2, 0) is 4.74 Å². The molecule has 1 atom stereocenters. The monoisotopic (exact) mass is 286 g/mol. The summed E-state index contributed by atoms with van der Waals surface area (Å²) < 4.78 is 4.92. The van der Waals surface area contributed by atoms with E-state index in [1.807, 2.05) is 0 Å². The average Bonchev–Trinajstić information content (AvgIpc) is 2.37. The Morgan fingerprint density at radius 3 is 2.79 bits per heavy atom. The second-order valence-electron chi connectivity index (χ2n) is 3.99. The Morgan fingerprint density at radius 2 is 2.26 bits per heavy atom. The molecule has 1 amide bonds. The van der Waals surface area contributed by atoms with Gasteiger partial charge in [-0.2, -0.15) is 0 Å². The summed E-state index contributed by atoms with van der Waals surface area (Å²) in [7, 11) is 1.50. The van der Waals surface area contributed by atoms with Crippen LogP contribution in [0.5, 0.6) is 0 Å². The van der Waals surface area contributed by atoms with E-state index in [1.54, 1.807) is 6.92 Å². The first-order chi connectivity index (χ1) is 9.01. The molecule has 0 saturated heterocycles. The van der Waals surface area contributed by atoms with Crippen molar-refractivity contribution in [3.05, 3.63) is 39.4 Å². The van der Waals surface area contributed by atoms with Crippen LogP contribution in [0.25, 0.3) is 0 Å². The molecule has 6 nitrogen and oxygen atoms in total. The van der Waals surface area contributed by atoms with Gasteiger partial charge in [0.2, 0.25) is 0 Å². The highest BCUT2D eigenvalue weighted by atomic mass is 35.5. The molecule has 0 fully saturated rings. The molecule has 1 aromatic rings. The summed E-state index contributed by atoms with van der Waals surface area (Å²) in [5.74, 6) is -0.197. The van der Waals surface area contributed by atoms with Gasteiger partial charge in [0, 0.05) is 30.2 Å². The molecule has 19 heavy (non-hydrogen) atoms. The normalized spacial score (nSPS) is 11.9. The Balaban J connectivity index is 2.94. The molecule has 1 aromatic carbocycles. The number of nitro benzene ring substituents is 1. The Bertz CT molecular complexity index is 479. The van der Waals surface area contributed by atoms with Crippen LogP contribution in [-0.4, -0.2) is 36.5 Å². The average molecular weight is 287 g/mol. The highest BCUT2D eigenvalue weighted by molar-refractivity contribution is 6.18. The summed E-state index contributed by atoms with van der Waals surface area (Å²) in [6, 6.07) is 4.04. The third-order valence-corrected chi connectivity index (χ3v) is 3.01. The van der Waals surface area contributed by atoms with Crippen LogP contribution in [0.3, 0.4) is 0 Å². The van der Waals surface area contributed by atoms with Crippen LogP contribution < -0.4 is 5.32 Å². The predicted octanol–water partition coefficient (Wildman–Crippen LogP) is 1.89. The first kappa shape index (κ1) is 15.4. The minimum Gasteiger partial charge on any atom is -0.383 e. The van der Waals surface area contributed by atoms with Crippen LogP contribution in [0, 0.1) is 17.0 Å². The largest absolute Gasteiger partial charge is 0.383 e. The maximum Gasteiger partial charge on any atom is 0.273 e. The SMILES string of the molecule is COCC(CCl)NC(=O)c1cccc([N+](=O)[O-])c1C. The maximum atomic E-state index is 12.0. The molecule has 0 aliphatic carbocycles. The Hall–Kier alpha value is -1.66. The number of ether oxygens (including phenoxy) is 1. The minimum atomic E-state index is -0.514. The number of nitro groups is 1. The van der Waals surface area contributed by atoms with Crippen molar-refractivity contribution in [1.82, 2.24) is 5.32 Å². The van der Waals surface area contributed by atoms with Crippen molar-refractivity contribution in [2.24, 2.45) is 0 Å². The molecule has 1 rings (SSSR count). The van der Waals surface area contributed by atoms with Crippen molar-refractivity contribution >= 4 is 23.2 Å². The zero-order chi connectivity index (χ0) is 14.4. The highest BCUT2D eigenvalue weighted by Crippen LogP contribution is 2.21. The van der Waals surface area contributed by atoms with E-state index in [1.165, 1.54) is 25.3 Å². The van der Waals surface area contributed by atoms with Crippen molar-refractivity contribution in [3.8, 4) is 0 Å². The van der Waals surface area contributed by atoms with Crippen LogP contribution in [0.15, 0.2) is 18.2 Å². The molecule has 0 bridgehead atoms. The van der Waals surface area contributed by atoms with E-state index in [0.29, 0.717) is 5.56 Å². The summed E-state index contributed by atoms with van der Waals surface area (Å²) in [5.41, 5.74) is 0.512. The number of amides is 1. The number of nitrogens with zero attached hydrogens (tertiary/aromatic N) is 1. The van der Waals surface area contributed by atoms with Gasteiger partial charge in [-0.3, -0.25) is 14.9 Å². The molecular weight excluding hydrogens is 272 g/mol. The summed E-state index contributed by atoms with van der Waals surface area (Å²) in [4.78, 5) is 22.3. The molecule has 7 heteroatoms. The van der Waals surface area contributed by atoms with Gasteiger partial charge in [0.05, 0.1) is 17.6 Å². The molecule has 0 spiro atoms. The van der Waals surface area contributed by atoms with Crippen LogP contribution in [0.2, 0.25) is 0 Å². The number of halogens is 1. The van der Waals surface area contributed by atoms with Crippen molar-refractivity contribution < 1.29 is 14.5 Å². The lowest BCUT2D eigenvalue weighted by atomic mass is 10.1. The van der Waals surface area contributed by atoms with Crippen LogP contribution >= 0.6 is 11.6 Å². The molecule has 1 N–H and O–H groups in total. The lowest BCUT2D eigenvalue weighted by molar-refractivity contribution is -0.385. The van der Waals surface area contributed by atoms with Gasteiger partial charge in [0.25, 0.3) is 11.6 Å². The third kappa shape index (κ3) is 3.90. The molecule has 1 unspecified atom stereocenters. The molecule has 0 heterocycles. The number of carbonyl (C=O) groups is 1. The number of carbonyl (C=O) groups excluding carboxylic acids is 1. The van der Waals surface area contributed by atoms with Gasteiger partial charge in [0.15, 0.2) is 0 Å². The number of hydrogen-bond donors (Lipinski definition) is 1. The summed E-state index contributed by atoms with van der Waals surface area (Å²) >= 11 is 5.70. The number of nitrogens with one attached hydrogen (secondary N) is 1. The van der Waals surface area contributed by atoms with Crippen LogP contribution in [0.1, 0.15) is 15.9 Å². The Kier molecular flexibility index (Phi) is 5.72. The highest BCUT2D eigenvalue weighted by Gasteiger charge is 2.19. The second kappa shape index (κ2) is 7.06. The molecule has 0 aliphatic heterocycles. The van der Waals surface area contributed by atoms with E-state index < -0.39 is 10.8 Å². The van der Waals surface area contributed by atoms with Crippen molar-refractivity contribution in [3.63, 3.8) is 0 Å². The third-order valence-electron chi connectivity index (χ3n) is 2.64. The molecule has 104 valence electrons. The van der Waals surface area contributed by atoms with E-state index in [0.717, 1.165) is 0 Å². The Labute approximate surface area is 115 Å². The van der Waals surface area contributed by atoms with E-state index in [2.05, 4.69) is 5.32 Å². The van der Waals surface area contributed by atoms with Gasteiger partial charge in [-0.1, -0.05) is 6.07 Å². The number of alkyl halides is 1. The topological polar surface area (TPSA) is 81.5 Å². The smallest absolute Gasteiger partial charge is 0.273 e. The lowest BCUT2D eigenvalue weighted by Crippen LogP contribution is -2.39. The molecule has 0 radical (unpaired) electrons. The first-order valence-corrected chi connectivity index (χ1v) is 6.14. The first-order valence-electron chi connectivity index (χ1n) is 5.61. The molecule has 0 aromatic heterocycles. The standard InChI is InChI=1S/C12H15ClN2O4/c1-8-10(4-3-5-11(8)15(17)18)12(16)14-9(6-13)7-19-2/h3-5,9H,6-7H2,1-2H3,(H,14,16). The van der Waals surface area contributed by atoms with E-state index in [9.17, 15) is 14.9 Å². The van der Waals surface area contributed by atoms with Gasteiger partial charge >= 0.3 is 0 Å². The fourth-order valence-corrected chi connectivity index (χ4v) is 1.82. The summed E-state index contributed by atoms with van der Waals surface area (Å²) in [5, 5.41) is 13.5. The molecular formula is C12H15ClN2O4. The maximum absolute atomic E-state index is 12.0. The number of benzene rings is 1. The van der Waals surface area contributed by atoms with Gasteiger partial charge in [-0.15, -0.1) is 11.6 Å². The second-order valence-corrected chi connectivity index (χ2v) is 4.30. The molecule has 0 saturated carbocycles. The number of methoxy groups -OCH3 is 1. The van der Waals surface area contributed by atoms with Gasteiger partial charge in [-0.05, 0) is 13.0 Å². The van der Waals surface area contributed by atoms with Crippen molar-refractivity contribution in [1.29, 1.82) is 0 Å². The fraction of sp³-hybridized carbons (Fsp3) is 0.417. The lowest BCUT2D eigenvalue weighted by Gasteiger charge is -2.15. The van der Waals surface area contributed by atoms with E-state index in [4.69, 9.17) is 16.3 Å². The van der Waals surface area contributed by atoms with Gasteiger partial charge in [-0.25, -0.2) is 0 Å². The van der Waals surface area contributed by atoms with Crippen LogP contribution in [0.4, 0.5) is 5.69 Å². The summed E-state index contributed by atoms with van der Waals surface area (Å²) in [6.45, 7) is 1.82. The zero-order valence-electron chi connectivity index (χ0n) is 10.7. The predicted molar refractivity (Wildman–Crippen MR) is 71.7 cm³/mol. The van der Waals surface area contributed by atoms with E-state index >= 15 is 0 Å². The van der Waals surface area contributed by atoms with Gasteiger partial charge < -0.3 is 10.1 Å². The Morgan fingerprint density at radius 1 is 1.58 bits per heavy atom. The number of rotatable bonds is 6. The van der Waals surface area contributed by atoms with Gasteiger partial charge in [0.1, 0.15) is 0 Å². The minimum absolute atomic E-state index is 0.0817.